The van der Waals surface area contributed by atoms with Gasteiger partial charge >= 0.3 is 6.09 Å². The summed E-state index contributed by atoms with van der Waals surface area (Å²) in [6, 6.07) is -0.574. The second-order valence-electron chi connectivity index (χ2n) is 9.27. The summed E-state index contributed by atoms with van der Waals surface area (Å²) in [7, 11) is 0. The fourth-order valence-corrected chi connectivity index (χ4v) is 3.61. The summed E-state index contributed by atoms with van der Waals surface area (Å²) in [4.78, 5) is 29.1. The fourth-order valence-electron chi connectivity index (χ4n) is 3.61. The van der Waals surface area contributed by atoms with Gasteiger partial charge in [0.2, 0.25) is 5.91 Å². The largest absolute Gasteiger partial charge is 0.444 e. The molecular weight excluding hydrogens is 386 g/mol. The number of hydrogen-bond acceptors (Lipinski definition) is 6. The van der Waals surface area contributed by atoms with E-state index in [-0.39, 0.29) is 18.0 Å². The Labute approximate surface area is 182 Å². The molecule has 1 aliphatic rings. The van der Waals surface area contributed by atoms with Gasteiger partial charge in [-0.3, -0.25) is 4.79 Å². The molecule has 2 N–H and O–H groups in total. The summed E-state index contributed by atoms with van der Waals surface area (Å²) in [5.41, 5.74) is 5.71. The predicted molar refractivity (Wildman–Crippen MR) is 117 cm³/mol. The minimum Gasteiger partial charge on any atom is -0.444 e. The van der Waals surface area contributed by atoms with Crippen molar-refractivity contribution in [1.82, 2.24) is 9.80 Å². The molecule has 1 atom stereocenters. The molecule has 0 aromatic heterocycles. The summed E-state index contributed by atoms with van der Waals surface area (Å²) < 4.78 is 16.9. The number of amides is 2. The third-order valence-corrected chi connectivity index (χ3v) is 4.93. The first kappa shape index (κ1) is 26.7. The van der Waals surface area contributed by atoms with Gasteiger partial charge in [-0.1, -0.05) is 13.8 Å². The monoisotopic (exact) mass is 429 g/mol. The van der Waals surface area contributed by atoms with Crippen molar-refractivity contribution in [1.29, 1.82) is 0 Å². The van der Waals surface area contributed by atoms with E-state index in [9.17, 15) is 9.59 Å². The van der Waals surface area contributed by atoms with E-state index in [1.807, 2.05) is 39.5 Å². The normalized spacial score (nSPS) is 16.8. The highest BCUT2D eigenvalue weighted by atomic mass is 16.7. The van der Waals surface area contributed by atoms with E-state index < -0.39 is 17.9 Å². The molecule has 2 amide bonds. The molecule has 0 saturated carbocycles. The quantitative estimate of drug-likeness (QED) is 0.537. The molecule has 1 aliphatic heterocycles. The Hall–Kier alpha value is -1.38. The number of piperidine rings is 1. The van der Waals surface area contributed by atoms with Gasteiger partial charge in [0.15, 0.2) is 6.29 Å². The number of ether oxygens (including phenoxy) is 3. The van der Waals surface area contributed by atoms with Crippen LogP contribution in [0.15, 0.2) is 0 Å². The molecule has 1 heterocycles. The maximum absolute atomic E-state index is 13.2. The van der Waals surface area contributed by atoms with Crippen molar-refractivity contribution >= 4 is 12.0 Å². The summed E-state index contributed by atoms with van der Waals surface area (Å²) in [5, 5.41) is 0. The molecule has 0 aromatic carbocycles. The Morgan fingerprint density at radius 1 is 1.10 bits per heavy atom. The predicted octanol–water partition coefficient (Wildman–Crippen LogP) is 2.99. The smallest absolute Gasteiger partial charge is 0.410 e. The molecule has 30 heavy (non-hydrogen) atoms. The van der Waals surface area contributed by atoms with Crippen LogP contribution in [-0.4, -0.2) is 78.6 Å². The van der Waals surface area contributed by atoms with Crippen molar-refractivity contribution in [3.8, 4) is 0 Å². The Morgan fingerprint density at radius 3 is 2.07 bits per heavy atom. The van der Waals surface area contributed by atoms with E-state index >= 15 is 0 Å². The molecule has 1 fully saturated rings. The van der Waals surface area contributed by atoms with Crippen molar-refractivity contribution in [3.05, 3.63) is 0 Å². The first-order valence-electron chi connectivity index (χ1n) is 11.3. The summed E-state index contributed by atoms with van der Waals surface area (Å²) in [5.74, 6) is 0.248. The van der Waals surface area contributed by atoms with E-state index in [0.29, 0.717) is 58.0 Å². The minimum absolute atomic E-state index is 0.0159. The van der Waals surface area contributed by atoms with Crippen LogP contribution in [0.1, 0.15) is 67.7 Å². The summed E-state index contributed by atoms with van der Waals surface area (Å²) in [6.45, 7) is 15.9. The molecule has 0 bridgehead atoms. The lowest BCUT2D eigenvalue weighted by Gasteiger charge is -2.41. The second kappa shape index (κ2) is 12.5. The van der Waals surface area contributed by atoms with E-state index in [1.54, 1.807) is 4.90 Å². The lowest BCUT2D eigenvalue weighted by molar-refractivity contribution is -0.164. The van der Waals surface area contributed by atoms with E-state index in [0.717, 1.165) is 0 Å². The van der Waals surface area contributed by atoms with Gasteiger partial charge in [-0.25, -0.2) is 4.79 Å². The molecule has 0 aliphatic carbocycles. The topological polar surface area (TPSA) is 94.3 Å². The van der Waals surface area contributed by atoms with Gasteiger partial charge in [0.05, 0.1) is 12.6 Å². The van der Waals surface area contributed by atoms with Crippen LogP contribution in [0.5, 0.6) is 0 Å². The molecule has 8 nitrogen and oxygen atoms in total. The third kappa shape index (κ3) is 9.18. The van der Waals surface area contributed by atoms with Crippen LogP contribution < -0.4 is 5.73 Å². The van der Waals surface area contributed by atoms with Crippen LogP contribution in [0, 0.1) is 5.92 Å². The number of carbonyl (C=O) groups is 2. The highest BCUT2D eigenvalue weighted by Crippen LogP contribution is 2.21. The molecule has 0 aromatic rings. The second-order valence-corrected chi connectivity index (χ2v) is 9.27. The van der Waals surface area contributed by atoms with Crippen LogP contribution >= 0.6 is 0 Å². The number of hydrogen-bond donors (Lipinski definition) is 1. The average molecular weight is 430 g/mol. The van der Waals surface area contributed by atoms with Crippen LogP contribution in [0.2, 0.25) is 0 Å². The Kier molecular flexibility index (Phi) is 11.1. The number of likely N-dealkylation sites (tertiary alicyclic amines) is 1. The van der Waals surface area contributed by atoms with E-state index in [1.165, 1.54) is 0 Å². The summed E-state index contributed by atoms with van der Waals surface area (Å²) in [6.07, 6.45) is 1.17. The highest BCUT2D eigenvalue weighted by molar-refractivity contribution is 5.82. The molecule has 1 rings (SSSR count). The van der Waals surface area contributed by atoms with Crippen molar-refractivity contribution in [3.63, 3.8) is 0 Å². The molecule has 8 heteroatoms. The van der Waals surface area contributed by atoms with Crippen LogP contribution in [0.25, 0.3) is 0 Å². The van der Waals surface area contributed by atoms with Crippen LogP contribution in [-0.2, 0) is 19.0 Å². The lowest BCUT2D eigenvalue weighted by atomic mass is 9.99. The van der Waals surface area contributed by atoms with Gasteiger partial charge in [0.25, 0.3) is 0 Å². The zero-order chi connectivity index (χ0) is 22.9. The molecule has 0 spiro atoms. The van der Waals surface area contributed by atoms with Gasteiger partial charge in [-0.05, 0) is 59.8 Å². The van der Waals surface area contributed by atoms with Crippen molar-refractivity contribution in [2.24, 2.45) is 11.7 Å². The number of nitrogens with two attached hydrogens (primary N) is 1. The SMILES string of the molecule is CCOC(CN(C(=O)[C@@H](N)CC(C)C)C1CCN(C(=O)OC(C)(C)C)CC1)OCC. The summed E-state index contributed by atoms with van der Waals surface area (Å²) >= 11 is 0. The van der Waals surface area contributed by atoms with Gasteiger partial charge in [-0.2, -0.15) is 0 Å². The molecule has 0 unspecified atom stereocenters. The maximum atomic E-state index is 13.2. The maximum Gasteiger partial charge on any atom is 0.410 e. The third-order valence-electron chi connectivity index (χ3n) is 4.93. The fraction of sp³-hybridized carbons (Fsp3) is 0.909. The zero-order valence-electron chi connectivity index (χ0n) is 20.0. The first-order chi connectivity index (χ1) is 14.0. The Balaban J connectivity index is 2.86. The Morgan fingerprint density at radius 2 is 1.63 bits per heavy atom. The lowest BCUT2D eigenvalue weighted by Crippen LogP contribution is -2.55. The van der Waals surface area contributed by atoms with Gasteiger partial charge in [-0.15, -0.1) is 0 Å². The first-order valence-corrected chi connectivity index (χ1v) is 11.3. The van der Waals surface area contributed by atoms with Gasteiger partial charge in [0, 0.05) is 32.3 Å². The number of nitrogens with zero attached hydrogens (tertiary/aromatic N) is 2. The number of rotatable bonds is 10. The molecule has 176 valence electrons. The van der Waals surface area contributed by atoms with Crippen LogP contribution in [0.4, 0.5) is 4.79 Å². The van der Waals surface area contributed by atoms with Crippen molar-refractivity contribution < 1.29 is 23.8 Å². The molecule has 1 saturated heterocycles. The number of carbonyl (C=O) groups excluding carboxylic acids is 2. The van der Waals surface area contributed by atoms with Crippen molar-refractivity contribution in [2.45, 2.75) is 91.7 Å². The highest BCUT2D eigenvalue weighted by Gasteiger charge is 2.34. The molecular formula is C22H43N3O5. The minimum atomic E-state index is -0.558. The van der Waals surface area contributed by atoms with Gasteiger partial charge < -0.3 is 29.7 Å². The van der Waals surface area contributed by atoms with E-state index in [4.69, 9.17) is 19.9 Å². The Bertz CT molecular complexity index is 521. The standard InChI is InChI=1S/C22H43N3O5/c1-8-28-19(29-9-2)15-25(20(26)18(23)14-16(3)4)17-10-12-24(13-11-17)21(27)30-22(5,6)7/h16-19H,8-15,23H2,1-7H3/t18-/m0/s1. The zero-order valence-corrected chi connectivity index (χ0v) is 20.0. The average Bonchev–Trinajstić information content (AvgIpc) is 2.64. The van der Waals surface area contributed by atoms with Crippen LogP contribution in [0.3, 0.4) is 0 Å². The molecule has 0 radical (unpaired) electrons. The van der Waals surface area contributed by atoms with Gasteiger partial charge in [0.1, 0.15) is 5.60 Å². The van der Waals surface area contributed by atoms with Crippen molar-refractivity contribution in [2.75, 3.05) is 32.8 Å². The van der Waals surface area contributed by atoms with E-state index in [2.05, 4.69) is 13.8 Å².